The second-order valence-electron chi connectivity index (χ2n) is 4.36. The van der Waals surface area contributed by atoms with Crippen molar-refractivity contribution >= 4 is 27.5 Å². The molecule has 2 aromatic carbocycles. The summed E-state index contributed by atoms with van der Waals surface area (Å²) in [5.41, 5.74) is 1.73. The van der Waals surface area contributed by atoms with E-state index in [9.17, 15) is 0 Å². The Kier molecular flexibility index (Phi) is 5.37. The van der Waals surface area contributed by atoms with Gasteiger partial charge >= 0.3 is 0 Å². The smallest absolute Gasteiger partial charge is 0.131 e. The molecule has 1 atom stereocenters. The molecule has 0 aromatic heterocycles. The summed E-state index contributed by atoms with van der Waals surface area (Å²) in [6, 6.07) is 11.4. The van der Waals surface area contributed by atoms with E-state index in [2.05, 4.69) is 15.9 Å². The van der Waals surface area contributed by atoms with Crippen molar-refractivity contribution < 1.29 is 14.2 Å². The highest BCUT2D eigenvalue weighted by Crippen LogP contribution is 2.44. The van der Waals surface area contributed by atoms with Crippen molar-refractivity contribution in [3.05, 3.63) is 52.0 Å². The van der Waals surface area contributed by atoms with Crippen LogP contribution in [0.1, 0.15) is 16.5 Å². The van der Waals surface area contributed by atoms with Gasteiger partial charge in [-0.05, 0) is 17.7 Å². The lowest BCUT2D eigenvalue weighted by atomic mass is 10.0. The Labute approximate surface area is 137 Å². The highest BCUT2D eigenvalue weighted by atomic mass is 79.9. The van der Waals surface area contributed by atoms with Gasteiger partial charge in [0.15, 0.2) is 0 Å². The standard InChI is InChI=1S/C16H16BrClO3/c1-19-12-8-13(20-2)15(14(9-12)21-3)16(18)10-5-4-6-11(17)7-10/h4-9,16H,1-3H3. The maximum atomic E-state index is 6.65. The van der Waals surface area contributed by atoms with Crippen LogP contribution in [0.2, 0.25) is 0 Å². The molecule has 0 heterocycles. The van der Waals surface area contributed by atoms with Crippen LogP contribution in [0.15, 0.2) is 40.9 Å². The molecule has 0 radical (unpaired) electrons. The average Bonchev–Trinajstić information content (AvgIpc) is 2.52. The van der Waals surface area contributed by atoms with Gasteiger partial charge in [-0.15, -0.1) is 11.6 Å². The van der Waals surface area contributed by atoms with Crippen molar-refractivity contribution in [1.29, 1.82) is 0 Å². The molecular weight excluding hydrogens is 356 g/mol. The molecule has 5 heteroatoms. The molecule has 2 aromatic rings. The van der Waals surface area contributed by atoms with Gasteiger partial charge in [-0.1, -0.05) is 28.1 Å². The average molecular weight is 372 g/mol. The Bertz CT molecular complexity index is 606. The summed E-state index contributed by atoms with van der Waals surface area (Å²) in [6.45, 7) is 0. The minimum absolute atomic E-state index is 0.390. The topological polar surface area (TPSA) is 27.7 Å². The Balaban J connectivity index is 2.55. The van der Waals surface area contributed by atoms with E-state index in [1.165, 1.54) is 0 Å². The fourth-order valence-electron chi connectivity index (χ4n) is 2.11. The molecule has 1 unspecified atom stereocenters. The minimum Gasteiger partial charge on any atom is -0.496 e. The van der Waals surface area contributed by atoms with Crippen LogP contribution >= 0.6 is 27.5 Å². The van der Waals surface area contributed by atoms with Gasteiger partial charge in [0, 0.05) is 16.6 Å². The van der Waals surface area contributed by atoms with E-state index in [-0.39, 0.29) is 0 Å². The van der Waals surface area contributed by atoms with E-state index in [1.807, 2.05) is 24.3 Å². The molecule has 0 saturated heterocycles. The normalized spacial score (nSPS) is 11.9. The van der Waals surface area contributed by atoms with Crippen molar-refractivity contribution in [2.24, 2.45) is 0 Å². The molecule has 2 rings (SSSR count). The molecular formula is C16H16BrClO3. The number of hydrogen-bond donors (Lipinski definition) is 0. The van der Waals surface area contributed by atoms with Crippen molar-refractivity contribution in [1.82, 2.24) is 0 Å². The monoisotopic (exact) mass is 370 g/mol. The number of halogens is 2. The zero-order valence-corrected chi connectivity index (χ0v) is 14.4. The third-order valence-electron chi connectivity index (χ3n) is 3.15. The number of hydrogen-bond acceptors (Lipinski definition) is 3. The summed E-state index contributed by atoms with van der Waals surface area (Å²) < 4.78 is 17.1. The van der Waals surface area contributed by atoms with E-state index in [1.54, 1.807) is 33.5 Å². The van der Waals surface area contributed by atoms with E-state index in [0.29, 0.717) is 17.2 Å². The lowest BCUT2D eigenvalue weighted by Crippen LogP contribution is -2.02. The lowest BCUT2D eigenvalue weighted by molar-refractivity contribution is 0.369. The summed E-state index contributed by atoms with van der Waals surface area (Å²) in [5.74, 6) is 1.92. The van der Waals surface area contributed by atoms with Crippen molar-refractivity contribution in [3.63, 3.8) is 0 Å². The van der Waals surface area contributed by atoms with E-state index < -0.39 is 5.38 Å². The predicted molar refractivity (Wildman–Crippen MR) is 87.9 cm³/mol. The summed E-state index contributed by atoms with van der Waals surface area (Å²) in [6.07, 6.45) is 0. The van der Waals surface area contributed by atoms with Crippen LogP contribution in [0.5, 0.6) is 17.2 Å². The number of methoxy groups -OCH3 is 3. The van der Waals surface area contributed by atoms with Crippen LogP contribution in [0, 0.1) is 0 Å². The number of rotatable bonds is 5. The molecule has 0 N–H and O–H groups in total. The van der Waals surface area contributed by atoms with E-state index >= 15 is 0 Å². The molecule has 0 spiro atoms. The van der Waals surface area contributed by atoms with Crippen LogP contribution < -0.4 is 14.2 Å². The van der Waals surface area contributed by atoms with Crippen molar-refractivity contribution in [2.75, 3.05) is 21.3 Å². The molecule has 3 nitrogen and oxygen atoms in total. The van der Waals surface area contributed by atoms with Gasteiger partial charge in [-0.3, -0.25) is 0 Å². The third kappa shape index (κ3) is 3.44. The van der Waals surface area contributed by atoms with Crippen LogP contribution in [0.25, 0.3) is 0 Å². The zero-order valence-electron chi connectivity index (χ0n) is 12.0. The maximum Gasteiger partial charge on any atom is 0.131 e. The third-order valence-corrected chi connectivity index (χ3v) is 4.11. The number of ether oxygens (including phenoxy) is 3. The number of benzene rings is 2. The van der Waals surface area contributed by atoms with Gasteiger partial charge in [-0.2, -0.15) is 0 Å². The Morgan fingerprint density at radius 2 is 1.57 bits per heavy atom. The van der Waals surface area contributed by atoms with Gasteiger partial charge in [0.05, 0.1) is 32.3 Å². The quantitative estimate of drug-likeness (QED) is 0.706. The van der Waals surface area contributed by atoms with Crippen molar-refractivity contribution in [3.8, 4) is 17.2 Å². The summed E-state index contributed by atoms with van der Waals surface area (Å²) in [4.78, 5) is 0. The minimum atomic E-state index is -0.390. The first-order valence-corrected chi connectivity index (χ1v) is 7.53. The summed E-state index contributed by atoms with van der Waals surface area (Å²) >= 11 is 10.1. The van der Waals surface area contributed by atoms with Gasteiger partial charge in [0.2, 0.25) is 0 Å². The fourth-order valence-corrected chi connectivity index (χ4v) is 2.88. The summed E-state index contributed by atoms with van der Waals surface area (Å²) in [7, 11) is 4.80. The second-order valence-corrected chi connectivity index (χ2v) is 5.72. The van der Waals surface area contributed by atoms with Crippen LogP contribution in [0.4, 0.5) is 0 Å². The van der Waals surface area contributed by atoms with Crippen molar-refractivity contribution in [2.45, 2.75) is 5.38 Å². The molecule has 0 aliphatic carbocycles. The molecule has 0 aliphatic heterocycles. The molecule has 0 bridgehead atoms. The fraction of sp³-hybridized carbons (Fsp3) is 0.250. The molecule has 21 heavy (non-hydrogen) atoms. The first-order valence-electron chi connectivity index (χ1n) is 6.30. The van der Waals surface area contributed by atoms with Crippen LogP contribution in [-0.4, -0.2) is 21.3 Å². The SMILES string of the molecule is COc1cc(OC)c(C(Cl)c2cccc(Br)c2)c(OC)c1. The Morgan fingerprint density at radius 1 is 0.952 bits per heavy atom. The van der Waals surface area contributed by atoms with Gasteiger partial charge < -0.3 is 14.2 Å². The molecule has 0 aliphatic rings. The van der Waals surface area contributed by atoms with Gasteiger partial charge in [0.25, 0.3) is 0 Å². The first kappa shape index (κ1) is 16.0. The predicted octanol–water partition coefficient (Wildman–Crippen LogP) is 4.80. The second kappa shape index (κ2) is 7.05. The zero-order chi connectivity index (χ0) is 15.4. The molecule has 0 amide bonds. The summed E-state index contributed by atoms with van der Waals surface area (Å²) in [5, 5.41) is -0.390. The number of alkyl halides is 1. The van der Waals surface area contributed by atoms with Crippen LogP contribution in [-0.2, 0) is 0 Å². The maximum absolute atomic E-state index is 6.65. The van der Waals surface area contributed by atoms with Crippen LogP contribution in [0.3, 0.4) is 0 Å². The molecule has 0 saturated carbocycles. The molecule has 112 valence electrons. The Hall–Kier alpha value is -1.39. The Morgan fingerprint density at radius 3 is 2.05 bits per heavy atom. The highest BCUT2D eigenvalue weighted by Gasteiger charge is 2.22. The largest absolute Gasteiger partial charge is 0.496 e. The lowest BCUT2D eigenvalue weighted by Gasteiger charge is -2.19. The molecule has 0 fully saturated rings. The first-order chi connectivity index (χ1) is 10.1. The highest BCUT2D eigenvalue weighted by molar-refractivity contribution is 9.10. The van der Waals surface area contributed by atoms with E-state index in [0.717, 1.165) is 15.6 Å². The van der Waals surface area contributed by atoms with Gasteiger partial charge in [0.1, 0.15) is 17.2 Å². The van der Waals surface area contributed by atoms with E-state index in [4.69, 9.17) is 25.8 Å². The van der Waals surface area contributed by atoms with Gasteiger partial charge in [-0.25, -0.2) is 0 Å².